The van der Waals surface area contributed by atoms with E-state index in [-0.39, 0.29) is 5.88 Å². The summed E-state index contributed by atoms with van der Waals surface area (Å²) in [7, 11) is 0. The minimum Gasteiger partial charge on any atom is -0.480 e. The lowest BCUT2D eigenvalue weighted by Gasteiger charge is -2.61. The van der Waals surface area contributed by atoms with Crippen molar-refractivity contribution in [3.63, 3.8) is 0 Å². The normalized spacial score (nSPS) is 44.1. The van der Waals surface area contributed by atoms with Gasteiger partial charge in [-0.3, -0.25) is 9.59 Å². The number of ketones is 1. The Kier molecular flexibility index (Phi) is 8.87. The van der Waals surface area contributed by atoms with Gasteiger partial charge in [-0.15, -0.1) is 11.6 Å². The molecule has 4 aliphatic carbocycles. The molecule has 0 aromatic rings. The lowest BCUT2D eigenvalue weighted by atomic mass is 9.44. The maximum atomic E-state index is 12.2. The molecule has 0 heterocycles. The van der Waals surface area contributed by atoms with Crippen LogP contribution in [0.15, 0.2) is 0 Å². The fraction of sp³-hybridized carbons (Fsp3) is 0.923. The summed E-state index contributed by atoms with van der Waals surface area (Å²) in [5, 5.41) is 7.59. The maximum Gasteiger partial charge on any atom is 0.318 e. The number of carboxylic acids is 1. The number of Topliss-reactive ketones (excluding diaryl/α,β-unsaturated/α-hetero) is 1. The molecule has 4 fully saturated rings. The lowest BCUT2D eigenvalue weighted by molar-refractivity contribution is -0.135. The molecule has 8 atom stereocenters. The number of carbonyl (C=O) groups is 2. The molecule has 0 radical (unpaired) electrons. The molecular weight excluding hydrogens is 396 g/mol. The van der Waals surface area contributed by atoms with Crippen LogP contribution in [0.25, 0.3) is 0 Å². The summed E-state index contributed by atoms with van der Waals surface area (Å²) in [5.41, 5.74) is 0.948. The van der Waals surface area contributed by atoms with Crippen molar-refractivity contribution in [2.75, 3.05) is 5.88 Å². The highest BCUT2D eigenvalue weighted by molar-refractivity contribution is 6.26. The molecule has 174 valence electrons. The SMILES string of the molecule is CC.CC(=O)C1CCC2C3CCC4CC(C)CCC4(C)C3CCC12C.O=C(O)CCl. The van der Waals surface area contributed by atoms with Gasteiger partial charge in [-0.2, -0.15) is 0 Å². The molecule has 4 rings (SSSR count). The van der Waals surface area contributed by atoms with Gasteiger partial charge in [0.15, 0.2) is 0 Å². The molecule has 0 spiro atoms. The van der Waals surface area contributed by atoms with Crippen LogP contribution in [-0.2, 0) is 9.59 Å². The van der Waals surface area contributed by atoms with E-state index in [2.05, 4.69) is 20.8 Å². The molecule has 0 aliphatic heterocycles. The first-order chi connectivity index (χ1) is 14.1. The van der Waals surface area contributed by atoms with Gasteiger partial charge in [0.25, 0.3) is 0 Å². The van der Waals surface area contributed by atoms with Gasteiger partial charge in [-0.1, -0.05) is 41.0 Å². The van der Waals surface area contributed by atoms with E-state index in [1.807, 2.05) is 20.8 Å². The van der Waals surface area contributed by atoms with E-state index >= 15 is 0 Å². The van der Waals surface area contributed by atoms with Crippen molar-refractivity contribution in [3.05, 3.63) is 0 Å². The molecule has 4 aliphatic rings. The summed E-state index contributed by atoms with van der Waals surface area (Å²) in [6.45, 7) is 13.5. The van der Waals surface area contributed by atoms with Gasteiger partial charge in [-0.25, -0.2) is 0 Å². The first kappa shape index (κ1) is 25.7. The van der Waals surface area contributed by atoms with Crippen LogP contribution in [0.2, 0.25) is 0 Å². The minimum atomic E-state index is -0.980. The third-order valence-electron chi connectivity index (χ3n) is 9.53. The van der Waals surface area contributed by atoms with Crippen LogP contribution in [0.4, 0.5) is 0 Å². The molecule has 30 heavy (non-hydrogen) atoms. The number of fused-ring (bicyclic) bond motifs is 5. The second-order valence-electron chi connectivity index (χ2n) is 10.8. The first-order valence-electron chi connectivity index (χ1n) is 12.4. The van der Waals surface area contributed by atoms with Gasteiger partial charge in [0.1, 0.15) is 11.7 Å². The summed E-state index contributed by atoms with van der Waals surface area (Å²) < 4.78 is 0. The molecule has 0 aromatic carbocycles. The van der Waals surface area contributed by atoms with E-state index in [0.29, 0.717) is 22.5 Å². The summed E-state index contributed by atoms with van der Waals surface area (Å²) >= 11 is 4.74. The van der Waals surface area contributed by atoms with E-state index in [1.165, 1.54) is 57.8 Å². The Labute approximate surface area is 189 Å². The van der Waals surface area contributed by atoms with E-state index < -0.39 is 5.97 Å². The second-order valence-corrected chi connectivity index (χ2v) is 11.1. The van der Waals surface area contributed by atoms with E-state index in [9.17, 15) is 9.59 Å². The number of halogens is 1. The third kappa shape index (κ3) is 4.76. The highest BCUT2D eigenvalue weighted by atomic mass is 35.5. The Morgan fingerprint density at radius 1 is 0.933 bits per heavy atom. The van der Waals surface area contributed by atoms with Crippen LogP contribution >= 0.6 is 11.6 Å². The summed E-state index contributed by atoms with van der Waals surface area (Å²) in [6.07, 6.45) is 12.6. The zero-order chi connectivity index (χ0) is 22.7. The fourth-order valence-electron chi connectivity index (χ4n) is 8.14. The molecule has 1 N–H and O–H groups in total. The largest absolute Gasteiger partial charge is 0.480 e. The van der Waals surface area contributed by atoms with Gasteiger partial charge >= 0.3 is 5.97 Å². The molecule has 8 unspecified atom stereocenters. The van der Waals surface area contributed by atoms with Gasteiger partial charge in [0, 0.05) is 5.92 Å². The number of carboxylic acid groups (broad SMARTS) is 1. The zero-order valence-electron chi connectivity index (χ0n) is 20.2. The predicted octanol–water partition coefficient (Wildman–Crippen LogP) is 7.21. The van der Waals surface area contributed by atoms with Crippen molar-refractivity contribution in [2.45, 2.75) is 99.3 Å². The molecular formula is C26H45ClO3. The van der Waals surface area contributed by atoms with Crippen molar-refractivity contribution in [2.24, 2.45) is 46.3 Å². The Hall–Kier alpha value is -0.570. The molecule has 0 bridgehead atoms. The molecule has 0 saturated heterocycles. The maximum absolute atomic E-state index is 12.2. The third-order valence-corrected chi connectivity index (χ3v) is 9.76. The molecule has 0 aromatic heterocycles. The van der Waals surface area contributed by atoms with E-state index in [1.54, 1.807) is 0 Å². The number of alkyl halides is 1. The zero-order valence-corrected chi connectivity index (χ0v) is 20.9. The Morgan fingerprint density at radius 3 is 2.07 bits per heavy atom. The van der Waals surface area contributed by atoms with Gasteiger partial charge in [0.2, 0.25) is 0 Å². The number of carbonyl (C=O) groups excluding carboxylic acids is 1. The molecule has 4 saturated carbocycles. The molecule has 0 amide bonds. The smallest absolute Gasteiger partial charge is 0.318 e. The second kappa shape index (κ2) is 10.4. The van der Waals surface area contributed by atoms with Crippen molar-refractivity contribution >= 4 is 23.4 Å². The van der Waals surface area contributed by atoms with Crippen LogP contribution in [0.5, 0.6) is 0 Å². The van der Waals surface area contributed by atoms with E-state index in [4.69, 9.17) is 16.7 Å². The van der Waals surface area contributed by atoms with Crippen molar-refractivity contribution in [1.29, 1.82) is 0 Å². The standard InChI is InChI=1S/C22H36O.C2H3ClO2.C2H6/c1-14-9-11-21(3)16(13-14)5-6-17-19-8-7-18(15(2)23)22(19,4)12-10-20(17)21;3-1-2(4)5;1-2/h14,16-20H,5-13H2,1-4H3;1H2,(H,4,5);1-2H3. The van der Waals surface area contributed by atoms with Crippen LogP contribution < -0.4 is 0 Å². The van der Waals surface area contributed by atoms with Crippen LogP contribution in [0, 0.1) is 46.3 Å². The highest BCUT2D eigenvalue weighted by Gasteiger charge is 2.60. The molecule has 3 nitrogen and oxygen atoms in total. The summed E-state index contributed by atoms with van der Waals surface area (Å²) in [6, 6.07) is 0. The first-order valence-corrected chi connectivity index (χ1v) is 12.9. The van der Waals surface area contributed by atoms with Gasteiger partial charge in [-0.05, 0) is 98.7 Å². The molecule has 4 heteroatoms. The van der Waals surface area contributed by atoms with Gasteiger partial charge in [0.05, 0.1) is 0 Å². The van der Waals surface area contributed by atoms with Gasteiger partial charge < -0.3 is 5.11 Å². The Morgan fingerprint density at radius 2 is 1.50 bits per heavy atom. The van der Waals surface area contributed by atoms with Crippen LogP contribution in [0.3, 0.4) is 0 Å². The highest BCUT2D eigenvalue weighted by Crippen LogP contribution is 2.67. The number of aliphatic carboxylic acids is 1. The predicted molar refractivity (Wildman–Crippen MR) is 125 cm³/mol. The Bertz CT molecular complexity index is 605. The number of hydrogen-bond acceptors (Lipinski definition) is 2. The average molecular weight is 441 g/mol. The summed E-state index contributed by atoms with van der Waals surface area (Å²) in [4.78, 5) is 21.4. The fourth-order valence-corrected chi connectivity index (χ4v) is 8.14. The van der Waals surface area contributed by atoms with Crippen LogP contribution in [-0.4, -0.2) is 22.7 Å². The van der Waals surface area contributed by atoms with Crippen molar-refractivity contribution in [3.8, 4) is 0 Å². The number of hydrogen-bond donors (Lipinski definition) is 1. The quantitative estimate of drug-likeness (QED) is 0.461. The number of rotatable bonds is 2. The lowest BCUT2D eigenvalue weighted by Crippen LogP contribution is -2.53. The van der Waals surface area contributed by atoms with Crippen molar-refractivity contribution < 1.29 is 14.7 Å². The topological polar surface area (TPSA) is 54.4 Å². The Balaban J connectivity index is 0.000000404. The monoisotopic (exact) mass is 440 g/mol. The summed E-state index contributed by atoms with van der Waals surface area (Å²) in [5.74, 6) is 4.21. The van der Waals surface area contributed by atoms with Crippen molar-refractivity contribution in [1.82, 2.24) is 0 Å². The minimum absolute atomic E-state index is 0.306. The van der Waals surface area contributed by atoms with Crippen LogP contribution in [0.1, 0.15) is 99.3 Å². The average Bonchev–Trinajstić information content (AvgIpc) is 3.08. The van der Waals surface area contributed by atoms with E-state index in [0.717, 1.165) is 29.6 Å².